The summed E-state index contributed by atoms with van der Waals surface area (Å²) in [6, 6.07) is 12.2. The molecule has 1 aromatic carbocycles. The van der Waals surface area contributed by atoms with Crippen LogP contribution in [0.15, 0.2) is 36.5 Å². The number of benzene rings is 1. The lowest BCUT2D eigenvalue weighted by Gasteiger charge is -2.09. The van der Waals surface area contributed by atoms with Crippen molar-refractivity contribution in [3.05, 3.63) is 42.1 Å². The van der Waals surface area contributed by atoms with E-state index in [0.29, 0.717) is 6.54 Å². The minimum Gasteiger partial charge on any atom is -0.314 e. The molecule has 14 heavy (non-hydrogen) atoms. The maximum absolute atomic E-state index is 8.52. The Balaban J connectivity index is 2.06. The maximum atomic E-state index is 8.52. The van der Waals surface area contributed by atoms with Crippen molar-refractivity contribution in [2.45, 2.75) is 0 Å². The monoisotopic (exact) mass is 203 g/mol. The first-order valence-corrected chi connectivity index (χ1v) is 5.02. The quantitative estimate of drug-likeness (QED) is 0.589. The molecule has 0 radical (unpaired) electrons. The molecule has 4 heteroatoms. The van der Waals surface area contributed by atoms with Crippen LogP contribution in [0.1, 0.15) is 5.56 Å². The fourth-order valence-electron chi connectivity index (χ4n) is 1.18. The normalized spacial score (nSPS) is 15.8. The largest absolute Gasteiger partial charge is 0.314 e. The van der Waals surface area contributed by atoms with Crippen molar-refractivity contribution in [3.8, 4) is 6.07 Å². The van der Waals surface area contributed by atoms with Crippen LogP contribution in [-0.4, -0.2) is 11.0 Å². The highest BCUT2D eigenvalue weighted by molar-refractivity contribution is 8.06. The average Bonchev–Trinajstić information content (AvgIpc) is 2.68. The number of hydrogen-bond acceptors (Lipinski definition) is 4. The lowest BCUT2D eigenvalue weighted by molar-refractivity contribution is 0.467. The summed E-state index contributed by atoms with van der Waals surface area (Å²) in [5, 5.41) is 8.52. The van der Waals surface area contributed by atoms with Gasteiger partial charge in [0.15, 0.2) is 0 Å². The van der Waals surface area contributed by atoms with Crippen LogP contribution in [-0.2, 0) is 0 Å². The highest BCUT2D eigenvalue weighted by Gasteiger charge is 2.15. The van der Waals surface area contributed by atoms with Crippen LogP contribution in [0.3, 0.4) is 0 Å². The molecule has 0 aromatic heterocycles. The van der Waals surface area contributed by atoms with Crippen molar-refractivity contribution in [2.75, 3.05) is 6.54 Å². The molecule has 0 saturated carbocycles. The molecule has 0 bridgehead atoms. The van der Waals surface area contributed by atoms with Gasteiger partial charge < -0.3 is 5.43 Å². The number of hydrazine groups is 1. The fraction of sp³-hybridized carbons (Fsp3) is 0.100. The van der Waals surface area contributed by atoms with E-state index in [9.17, 15) is 0 Å². The van der Waals surface area contributed by atoms with Gasteiger partial charge in [0.25, 0.3) is 0 Å². The second-order valence-electron chi connectivity index (χ2n) is 2.79. The summed E-state index contributed by atoms with van der Waals surface area (Å²) in [4.78, 5) is 1.14. The lowest BCUT2D eigenvalue weighted by Crippen LogP contribution is -2.23. The van der Waals surface area contributed by atoms with Gasteiger partial charge in [-0.15, -0.1) is 4.41 Å². The number of nitrogens with one attached hydrogen (secondary N) is 1. The van der Waals surface area contributed by atoms with Crippen LogP contribution in [0.2, 0.25) is 0 Å². The van der Waals surface area contributed by atoms with E-state index in [4.69, 9.17) is 5.26 Å². The molecular weight excluding hydrogens is 194 g/mol. The van der Waals surface area contributed by atoms with Gasteiger partial charge in [-0.1, -0.05) is 30.3 Å². The highest BCUT2D eigenvalue weighted by Crippen LogP contribution is 2.32. The first-order chi connectivity index (χ1) is 6.90. The first kappa shape index (κ1) is 9.13. The Labute approximate surface area is 87.1 Å². The predicted octanol–water partition coefficient (Wildman–Crippen LogP) is 1.98. The second-order valence-corrected chi connectivity index (χ2v) is 3.85. The third kappa shape index (κ3) is 1.90. The molecule has 70 valence electrons. The smallest absolute Gasteiger partial charge is 0.117 e. The molecule has 0 amide bonds. The van der Waals surface area contributed by atoms with Gasteiger partial charge in [0.05, 0.1) is 6.07 Å². The molecule has 1 aliphatic heterocycles. The van der Waals surface area contributed by atoms with Gasteiger partial charge >= 0.3 is 0 Å². The molecule has 0 spiro atoms. The van der Waals surface area contributed by atoms with Crippen LogP contribution in [0.5, 0.6) is 0 Å². The first-order valence-electron chi connectivity index (χ1n) is 4.24. The molecule has 0 atom stereocenters. The van der Waals surface area contributed by atoms with Crippen molar-refractivity contribution in [1.82, 2.24) is 9.84 Å². The third-order valence-corrected chi connectivity index (χ3v) is 2.83. The molecule has 0 aliphatic carbocycles. The summed E-state index contributed by atoms with van der Waals surface area (Å²) in [5.74, 6) is 0. The van der Waals surface area contributed by atoms with E-state index in [1.807, 2.05) is 24.4 Å². The molecule has 1 N–H and O–H groups in total. The van der Waals surface area contributed by atoms with Crippen LogP contribution in [0.4, 0.5) is 0 Å². The topological polar surface area (TPSA) is 39.1 Å². The molecule has 1 aromatic rings. The van der Waals surface area contributed by atoms with Crippen LogP contribution in [0.25, 0.3) is 4.91 Å². The zero-order valence-corrected chi connectivity index (χ0v) is 8.29. The van der Waals surface area contributed by atoms with Crippen LogP contribution < -0.4 is 5.43 Å². The minimum absolute atomic E-state index is 0.373. The highest BCUT2D eigenvalue weighted by atomic mass is 32.2. The number of nitrogens with zero attached hydrogens (tertiary/aromatic N) is 2. The third-order valence-electron chi connectivity index (χ3n) is 1.82. The zero-order valence-electron chi connectivity index (χ0n) is 7.47. The van der Waals surface area contributed by atoms with Crippen molar-refractivity contribution in [3.63, 3.8) is 0 Å². The molecule has 1 heterocycles. The lowest BCUT2D eigenvalue weighted by atomic mass is 10.2. The van der Waals surface area contributed by atoms with Gasteiger partial charge in [-0.25, -0.2) is 0 Å². The Morgan fingerprint density at radius 3 is 2.86 bits per heavy atom. The second kappa shape index (κ2) is 4.18. The Morgan fingerprint density at radius 2 is 2.14 bits per heavy atom. The van der Waals surface area contributed by atoms with Gasteiger partial charge in [0, 0.05) is 11.1 Å². The van der Waals surface area contributed by atoms with Gasteiger partial charge in [-0.2, -0.15) is 5.26 Å². The van der Waals surface area contributed by atoms with E-state index in [-0.39, 0.29) is 0 Å². The van der Waals surface area contributed by atoms with Gasteiger partial charge in [0.1, 0.15) is 6.54 Å². The molecule has 3 nitrogen and oxygen atoms in total. The van der Waals surface area contributed by atoms with Crippen molar-refractivity contribution >= 4 is 16.9 Å². The average molecular weight is 203 g/mol. The number of rotatable bonds is 2. The van der Waals surface area contributed by atoms with E-state index < -0.39 is 0 Å². The minimum atomic E-state index is 0.373. The number of hydrogen-bond donors (Lipinski definition) is 1. The van der Waals surface area contributed by atoms with E-state index in [0.717, 1.165) is 4.91 Å². The summed E-state index contributed by atoms with van der Waals surface area (Å²) >= 11 is 1.55. The molecule has 0 saturated heterocycles. The Bertz CT molecular complexity index is 380. The maximum Gasteiger partial charge on any atom is 0.117 e. The van der Waals surface area contributed by atoms with Crippen molar-refractivity contribution in [1.29, 1.82) is 5.26 Å². The molecule has 0 unspecified atom stereocenters. The molecule has 1 aliphatic rings. The standard InChI is InChI=1S/C10H9N3S/c11-6-7-13-12-8-10(14-13)9-4-2-1-3-5-9/h1-5,8,12H,7H2. The summed E-state index contributed by atoms with van der Waals surface area (Å²) in [5.41, 5.74) is 4.19. The SMILES string of the molecule is N#CCN1NC=C(c2ccccc2)S1. The Morgan fingerprint density at radius 1 is 1.36 bits per heavy atom. The molecular formula is C10H9N3S. The van der Waals surface area contributed by atoms with Crippen molar-refractivity contribution in [2.24, 2.45) is 0 Å². The fourth-order valence-corrected chi connectivity index (χ4v) is 1.99. The Kier molecular flexibility index (Phi) is 2.73. The summed E-state index contributed by atoms with van der Waals surface area (Å²) < 4.78 is 1.79. The molecule has 2 rings (SSSR count). The van der Waals surface area contributed by atoms with Crippen LogP contribution >= 0.6 is 11.9 Å². The Hall–Kier alpha value is -1.44. The predicted molar refractivity (Wildman–Crippen MR) is 57.5 cm³/mol. The van der Waals surface area contributed by atoms with Gasteiger partial charge in [0.2, 0.25) is 0 Å². The number of nitriles is 1. The van der Waals surface area contributed by atoms with Gasteiger partial charge in [-0.05, 0) is 17.5 Å². The molecule has 0 fully saturated rings. The summed E-state index contributed by atoms with van der Waals surface area (Å²) in [7, 11) is 0. The van der Waals surface area contributed by atoms with Gasteiger partial charge in [-0.3, -0.25) is 0 Å². The van der Waals surface area contributed by atoms with Crippen LogP contribution in [0, 0.1) is 11.3 Å². The van der Waals surface area contributed by atoms with E-state index in [1.54, 1.807) is 16.4 Å². The zero-order chi connectivity index (χ0) is 9.80. The van der Waals surface area contributed by atoms with E-state index in [1.165, 1.54) is 5.56 Å². The summed E-state index contributed by atoms with van der Waals surface area (Å²) in [6.45, 7) is 0.373. The van der Waals surface area contributed by atoms with E-state index in [2.05, 4.69) is 23.6 Å². The van der Waals surface area contributed by atoms with E-state index >= 15 is 0 Å². The summed E-state index contributed by atoms with van der Waals surface area (Å²) in [6.07, 6.45) is 1.91. The van der Waals surface area contributed by atoms with Crippen molar-refractivity contribution < 1.29 is 0 Å².